The number of alkyl halides is 3. The number of carbonyl (C=O) groups excluding carboxylic acids is 1. The molecule has 4 aromatic rings. The number of amides is 1. The van der Waals surface area contributed by atoms with E-state index in [-0.39, 0.29) is 0 Å². The first-order chi connectivity index (χ1) is 15.1. The SMILES string of the molecule is CN(c1ccc2c(cnn2C)c1)c1cccc2ccn(CC(=O)NCC(F)(F)F)c(=O)c12. The number of halogens is 3. The number of pyridine rings is 1. The molecule has 2 aromatic heterocycles. The first-order valence-corrected chi connectivity index (χ1v) is 9.75. The second-order valence-corrected chi connectivity index (χ2v) is 7.45. The molecule has 0 aliphatic heterocycles. The summed E-state index contributed by atoms with van der Waals surface area (Å²) in [7, 11) is 3.67. The van der Waals surface area contributed by atoms with Crippen molar-refractivity contribution in [1.29, 1.82) is 0 Å². The molecule has 166 valence electrons. The van der Waals surface area contributed by atoms with Crippen molar-refractivity contribution in [3.05, 3.63) is 65.2 Å². The molecule has 0 saturated carbocycles. The normalized spacial score (nSPS) is 11.8. The van der Waals surface area contributed by atoms with E-state index in [1.54, 1.807) is 34.4 Å². The summed E-state index contributed by atoms with van der Waals surface area (Å²) in [6.45, 7) is -1.95. The predicted molar refractivity (Wildman–Crippen MR) is 116 cm³/mol. The number of fused-ring (bicyclic) bond motifs is 2. The lowest BCUT2D eigenvalue weighted by Crippen LogP contribution is -2.37. The molecule has 0 fully saturated rings. The minimum Gasteiger partial charge on any atom is -0.345 e. The fraction of sp³-hybridized carbons (Fsp3) is 0.227. The maximum Gasteiger partial charge on any atom is 0.405 e. The molecule has 32 heavy (non-hydrogen) atoms. The summed E-state index contributed by atoms with van der Waals surface area (Å²) in [6.07, 6.45) is -1.36. The van der Waals surface area contributed by atoms with Crippen LogP contribution in [0.1, 0.15) is 0 Å². The van der Waals surface area contributed by atoms with Gasteiger partial charge in [-0.3, -0.25) is 14.3 Å². The van der Waals surface area contributed by atoms with E-state index in [2.05, 4.69) is 5.10 Å². The van der Waals surface area contributed by atoms with Crippen LogP contribution in [0.15, 0.2) is 59.7 Å². The van der Waals surface area contributed by atoms with Gasteiger partial charge >= 0.3 is 6.18 Å². The van der Waals surface area contributed by atoms with Gasteiger partial charge in [0.15, 0.2) is 0 Å². The van der Waals surface area contributed by atoms with Crippen molar-refractivity contribution in [2.24, 2.45) is 7.05 Å². The number of nitrogens with one attached hydrogen (secondary N) is 1. The monoisotopic (exact) mass is 443 g/mol. The van der Waals surface area contributed by atoms with Gasteiger partial charge in [-0.1, -0.05) is 12.1 Å². The van der Waals surface area contributed by atoms with E-state index in [1.165, 1.54) is 6.20 Å². The van der Waals surface area contributed by atoms with Gasteiger partial charge in [0, 0.05) is 31.4 Å². The summed E-state index contributed by atoms with van der Waals surface area (Å²) >= 11 is 0. The third-order valence-electron chi connectivity index (χ3n) is 5.26. The van der Waals surface area contributed by atoms with Gasteiger partial charge in [0.05, 0.1) is 22.8 Å². The maximum absolute atomic E-state index is 13.2. The van der Waals surface area contributed by atoms with Gasteiger partial charge in [-0.25, -0.2) is 0 Å². The smallest absolute Gasteiger partial charge is 0.345 e. The van der Waals surface area contributed by atoms with Crippen molar-refractivity contribution in [2.45, 2.75) is 12.7 Å². The minimum atomic E-state index is -4.52. The summed E-state index contributed by atoms with van der Waals surface area (Å²) in [6, 6.07) is 12.8. The average molecular weight is 443 g/mol. The van der Waals surface area contributed by atoms with Crippen LogP contribution in [0, 0.1) is 0 Å². The molecule has 0 aliphatic rings. The molecule has 10 heteroatoms. The first kappa shape index (κ1) is 21.4. The zero-order valence-electron chi connectivity index (χ0n) is 17.3. The molecule has 1 N–H and O–H groups in total. The molecular weight excluding hydrogens is 423 g/mol. The third-order valence-corrected chi connectivity index (χ3v) is 5.26. The molecule has 0 atom stereocenters. The number of rotatable bonds is 5. The van der Waals surface area contributed by atoms with Crippen molar-refractivity contribution >= 4 is 39.0 Å². The highest BCUT2D eigenvalue weighted by atomic mass is 19.4. The van der Waals surface area contributed by atoms with E-state index in [9.17, 15) is 22.8 Å². The third kappa shape index (κ3) is 4.16. The molecule has 4 rings (SSSR count). The molecule has 1 amide bonds. The number of hydrogen-bond acceptors (Lipinski definition) is 4. The van der Waals surface area contributed by atoms with E-state index in [1.807, 2.05) is 43.3 Å². The van der Waals surface area contributed by atoms with Crippen molar-refractivity contribution in [3.63, 3.8) is 0 Å². The lowest BCUT2D eigenvalue weighted by molar-refractivity contribution is -0.138. The summed E-state index contributed by atoms with van der Waals surface area (Å²) in [4.78, 5) is 26.9. The number of carbonyl (C=O) groups is 1. The first-order valence-electron chi connectivity index (χ1n) is 9.75. The van der Waals surface area contributed by atoms with Crippen molar-refractivity contribution in [3.8, 4) is 0 Å². The fourth-order valence-electron chi connectivity index (χ4n) is 3.62. The predicted octanol–water partition coefficient (Wildman–Crippen LogP) is 3.33. The zero-order valence-corrected chi connectivity index (χ0v) is 17.3. The van der Waals surface area contributed by atoms with Gasteiger partial charge in [-0.15, -0.1) is 0 Å². The Morgan fingerprint density at radius 1 is 1.16 bits per heavy atom. The fourth-order valence-corrected chi connectivity index (χ4v) is 3.62. The van der Waals surface area contributed by atoms with Crippen molar-refractivity contribution in [2.75, 3.05) is 18.5 Å². The Labute approximate surface area is 180 Å². The molecule has 0 unspecified atom stereocenters. The molecule has 0 spiro atoms. The second-order valence-electron chi connectivity index (χ2n) is 7.45. The number of aryl methyl sites for hydroxylation is 1. The molecule has 0 bridgehead atoms. The Hall–Kier alpha value is -3.82. The van der Waals surface area contributed by atoms with Gasteiger partial charge in [-0.05, 0) is 35.7 Å². The van der Waals surface area contributed by atoms with Crippen LogP contribution < -0.4 is 15.8 Å². The van der Waals surface area contributed by atoms with Crippen molar-refractivity contribution < 1.29 is 18.0 Å². The molecular formula is C22H20F3N5O2. The van der Waals surface area contributed by atoms with Gasteiger partial charge < -0.3 is 14.8 Å². The highest BCUT2D eigenvalue weighted by molar-refractivity contribution is 5.96. The van der Waals surface area contributed by atoms with E-state index < -0.39 is 30.7 Å². The lowest BCUT2D eigenvalue weighted by Gasteiger charge is -2.22. The molecule has 2 heterocycles. The quantitative estimate of drug-likeness (QED) is 0.514. The van der Waals surface area contributed by atoms with E-state index in [4.69, 9.17) is 0 Å². The van der Waals surface area contributed by atoms with Gasteiger partial charge in [0.1, 0.15) is 13.1 Å². The van der Waals surface area contributed by atoms with Gasteiger partial charge in [0.2, 0.25) is 5.91 Å². The molecule has 2 aromatic carbocycles. The number of benzene rings is 2. The van der Waals surface area contributed by atoms with Crippen molar-refractivity contribution in [1.82, 2.24) is 19.7 Å². The van der Waals surface area contributed by atoms with Crippen LogP contribution in [0.4, 0.5) is 24.5 Å². The van der Waals surface area contributed by atoms with Crippen LogP contribution in [-0.4, -0.2) is 40.0 Å². The topological polar surface area (TPSA) is 72.2 Å². The van der Waals surface area contributed by atoms with E-state index in [0.717, 1.165) is 21.2 Å². The standard InChI is InChI=1S/C22H20F3N5O2/c1-28(16-6-7-17-15(10-16)11-27-29(17)2)18-5-3-4-14-8-9-30(21(32)20(14)18)12-19(31)26-13-22(23,24)25/h3-11H,12-13H2,1-2H3,(H,26,31). The summed E-state index contributed by atoms with van der Waals surface area (Å²) in [5, 5.41) is 7.99. The van der Waals surface area contributed by atoms with Crippen LogP contribution in [-0.2, 0) is 18.4 Å². The largest absolute Gasteiger partial charge is 0.405 e. The minimum absolute atomic E-state index is 0.368. The lowest BCUT2D eigenvalue weighted by atomic mass is 10.1. The van der Waals surface area contributed by atoms with Crippen LogP contribution >= 0.6 is 0 Å². The molecule has 0 aliphatic carbocycles. The molecule has 0 saturated heterocycles. The Morgan fingerprint density at radius 2 is 1.94 bits per heavy atom. The summed E-state index contributed by atoms with van der Waals surface area (Å²) < 4.78 is 39.9. The van der Waals surface area contributed by atoms with Crippen LogP contribution in [0.3, 0.4) is 0 Å². The molecule has 0 radical (unpaired) electrons. The Balaban J connectivity index is 1.70. The maximum atomic E-state index is 13.2. The van der Waals surface area contributed by atoms with Crippen LogP contribution in [0.2, 0.25) is 0 Å². The number of nitrogens with zero attached hydrogens (tertiary/aromatic N) is 4. The Bertz CT molecular complexity index is 1370. The number of anilines is 2. The van der Waals surface area contributed by atoms with Crippen LogP contribution in [0.25, 0.3) is 21.7 Å². The van der Waals surface area contributed by atoms with E-state index in [0.29, 0.717) is 16.5 Å². The average Bonchev–Trinajstić information content (AvgIpc) is 3.13. The van der Waals surface area contributed by atoms with Gasteiger partial charge in [0.25, 0.3) is 5.56 Å². The van der Waals surface area contributed by atoms with Gasteiger partial charge in [-0.2, -0.15) is 18.3 Å². The highest BCUT2D eigenvalue weighted by Gasteiger charge is 2.27. The highest BCUT2D eigenvalue weighted by Crippen LogP contribution is 2.31. The number of hydrogen-bond donors (Lipinski definition) is 1. The Kier molecular flexibility index (Phi) is 5.37. The van der Waals surface area contributed by atoms with E-state index >= 15 is 0 Å². The Morgan fingerprint density at radius 3 is 2.69 bits per heavy atom. The number of aromatic nitrogens is 3. The summed E-state index contributed by atoms with van der Waals surface area (Å²) in [5.74, 6) is -0.892. The van der Waals surface area contributed by atoms with Crippen LogP contribution in [0.5, 0.6) is 0 Å². The molecule has 7 nitrogen and oxygen atoms in total. The zero-order chi connectivity index (χ0) is 23.0. The second kappa shape index (κ2) is 8.03. The summed E-state index contributed by atoms with van der Waals surface area (Å²) in [5.41, 5.74) is 1.94.